The van der Waals surface area contributed by atoms with Crippen molar-refractivity contribution in [1.82, 2.24) is 10.2 Å². The van der Waals surface area contributed by atoms with E-state index in [4.69, 9.17) is 4.74 Å². The lowest BCUT2D eigenvalue weighted by Crippen LogP contribution is -2.53. The van der Waals surface area contributed by atoms with Gasteiger partial charge in [0.2, 0.25) is 5.91 Å². The second kappa shape index (κ2) is 5.58. The van der Waals surface area contributed by atoms with Crippen LogP contribution in [0.5, 0.6) is 0 Å². The predicted octanol–water partition coefficient (Wildman–Crippen LogP) is 1.43. The Hall–Kier alpha value is -0.320. The van der Waals surface area contributed by atoms with E-state index in [0.717, 1.165) is 19.5 Å². The molecule has 0 aromatic rings. The second-order valence-corrected chi connectivity index (χ2v) is 6.35. The van der Waals surface area contributed by atoms with Gasteiger partial charge in [0.1, 0.15) is 0 Å². The fraction of sp³-hybridized carbons (Fsp3) is 0.929. The highest BCUT2D eigenvalue weighted by Gasteiger charge is 2.59. The third kappa shape index (κ3) is 2.63. The molecule has 3 atom stereocenters. The first kappa shape index (κ1) is 15.1. The van der Waals surface area contributed by atoms with E-state index in [1.165, 1.54) is 12.8 Å². The summed E-state index contributed by atoms with van der Waals surface area (Å²) in [6, 6.07) is 0.473. The fourth-order valence-corrected chi connectivity index (χ4v) is 3.79. The van der Waals surface area contributed by atoms with Crippen molar-refractivity contribution in [1.29, 1.82) is 0 Å². The van der Waals surface area contributed by atoms with Crippen molar-refractivity contribution in [3.05, 3.63) is 0 Å². The molecule has 1 N–H and O–H groups in total. The Balaban J connectivity index is 0.00000133. The van der Waals surface area contributed by atoms with Crippen molar-refractivity contribution in [2.45, 2.75) is 45.2 Å². The largest absolute Gasteiger partial charge is 0.377 e. The minimum atomic E-state index is 0. The van der Waals surface area contributed by atoms with Crippen molar-refractivity contribution in [3.63, 3.8) is 0 Å². The van der Waals surface area contributed by atoms with Gasteiger partial charge in [0, 0.05) is 5.92 Å². The summed E-state index contributed by atoms with van der Waals surface area (Å²) in [7, 11) is 0. The van der Waals surface area contributed by atoms with Crippen LogP contribution in [0.25, 0.3) is 0 Å². The molecule has 1 spiro atoms. The van der Waals surface area contributed by atoms with Crippen molar-refractivity contribution >= 4 is 18.3 Å². The number of hydrogen-bond donors (Lipinski definition) is 1. The second-order valence-electron chi connectivity index (χ2n) is 6.35. The first-order valence-electron chi connectivity index (χ1n) is 7.25. The molecule has 3 unspecified atom stereocenters. The highest BCUT2D eigenvalue weighted by molar-refractivity contribution is 5.85. The van der Waals surface area contributed by atoms with Gasteiger partial charge in [0.15, 0.2) is 0 Å². The molecule has 110 valence electrons. The van der Waals surface area contributed by atoms with Crippen molar-refractivity contribution < 1.29 is 9.53 Å². The average molecular weight is 289 g/mol. The smallest absolute Gasteiger partial charge is 0.226 e. The SMILES string of the molecule is CC1COCC(C)N1C(=O)C1CC12CCNCC2.Cl. The van der Waals surface area contributed by atoms with Crippen LogP contribution in [-0.4, -0.2) is 49.2 Å². The molecule has 0 aromatic carbocycles. The predicted molar refractivity (Wildman–Crippen MR) is 76.5 cm³/mol. The maximum atomic E-state index is 12.7. The number of nitrogens with one attached hydrogen (secondary N) is 1. The van der Waals surface area contributed by atoms with Gasteiger partial charge in [0.25, 0.3) is 0 Å². The quantitative estimate of drug-likeness (QED) is 0.794. The molecule has 3 aliphatic rings. The summed E-state index contributed by atoms with van der Waals surface area (Å²) in [5, 5.41) is 3.39. The molecule has 1 amide bonds. The number of nitrogens with zero attached hydrogens (tertiary/aromatic N) is 1. The number of ether oxygens (including phenoxy) is 1. The van der Waals surface area contributed by atoms with E-state index in [9.17, 15) is 4.79 Å². The molecule has 3 fully saturated rings. The van der Waals surface area contributed by atoms with Gasteiger partial charge in [-0.2, -0.15) is 0 Å². The minimum Gasteiger partial charge on any atom is -0.377 e. The van der Waals surface area contributed by atoms with Gasteiger partial charge in [-0.1, -0.05) is 0 Å². The molecule has 0 radical (unpaired) electrons. The Morgan fingerprint density at radius 1 is 1.21 bits per heavy atom. The highest BCUT2D eigenvalue weighted by atomic mass is 35.5. The number of carbonyl (C=O) groups is 1. The molecular weight excluding hydrogens is 264 g/mol. The molecule has 5 heteroatoms. The fourth-order valence-electron chi connectivity index (χ4n) is 3.79. The van der Waals surface area contributed by atoms with Gasteiger partial charge < -0.3 is 15.0 Å². The molecule has 2 heterocycles. The molecule has 19 heavy (non-hydrogen) atoms. The highest BCUT2D eigenvalue weighted by Crippen LogP contribution is 2.59. The molecule has 2 aliphatic heterocycles. The maximum Gasteiger partial charge on any atom is 0.226 e. The molecule has 4 nitrogen and oxygen atoms in total. The zero-order chi connectivity index (χ0) is 12.8. The van der Waals surface area contributed by atoms with Crippen molar-refractivity contribution in [3.8, 4) is 0 Å². The Labute approximate surface area is 121 Å². The Morgan fingerprint density at radius 3 is 2.37 bits per heavy atom. The van der Waals surface area contributed by atoms with Gasteiger partial charge in [0.05, 0.1) is 25.3 Å². The zero-order valence-corrected chi connectivity index (χ0v) is 12.7. The first-order chi connectivity index (χ1) is 8.64. The Kier molecular flexibility index (Phi) is 4.43. The van der Waals surface area contributed by atoms with Gasteiger partial charge >= 0.3 is 0 Å². The summed E-state index contributed by atoms with van der Waals surface area (Å²) in [4.78, 5) is 14.8. The lowest BCUT2D eigenvalue weighted by molar-refractivity contribution is -0.146. The lowest BCUT2D eigenvalue weighted by Gasteiger charge is -2.39. The van der Waals surface area contributed by atoms with Crippen LogP contribution in [0, 0.1) is 11.3 Å². The number of hydrogen-bond acceptors (Lipinski definition) is 3. The number of amides is 1. The summed E-state index contributed by atoms with van der Waals surface area (Å²) in [6.45, 7) is 7.75. The van der Waals surface area contributed by atoms with Crippen molar-refractivity contribution in [2.24, 2.45) is 11.3 Å². The number of halogens is 1. The molecule has 0 bridgehead atoms. The standard InChI is InChI=1S/C14H24N2O2.ClH/c1-10-8-18-9-11(2)16(10)13(17)12-7-14(12)3-5-15-6-4-14;/h10-12,15H,3-9H2,1-2H3;1H. The van der Waals surface area contributed by atoms with Crippen molar-refractivity contribution in [2.75, 3.05) is 26.3 Å². The van der Waals surface area contributed by atoms with E-state index in [2.05, 4.69) is 24.1 Å². The lowest BCUT2D eigenvalue weighted by atomic mass is 9.91. The van der Waals surface area contributed by atoms with Crippen LogP contribution >= 0.6 is 12.4 Å². The molecule has 1 saturated carbocycles. The topological polar surface area (TPSA) is 41.6 Å². The number of carbonyl (C=O) groups excluding carboxylic acids is 1. The number of piperidine rings is 1. The molecular formula is C14H25ClN2O2. The molecule has 2 saturated heterocycles. The summed E-state index contributed by atoms with van der Waals surface area (Å²) < 4.78 is 5.51. The van der Waals surface area contributed by atoms with Crippen LogP contribution in [0.4, 0.5) is 0 Å². The minimum absolute atomic E-state index is 0. The third-order valence-electron chi connectivity index (χ3n) is 5.01. The number of morpholine rings is 1. The van der Waals surface area contributed by atoms with Gasteiger partial charge in [-0.25, -0.2) is 0 Å². The Bertz CT molecular complexity index is 334. The summed E-state index contributed by atoms with van der Waals surface area (Å²) in [5.74, 6) is 0.683. The number of rotatable bonds is 1. The van der Waals surface area contributed by atoms with Gasteiger partial charge in [-0.15, -0.1) is 12.4 Å². The van der Waals surface area contributed by atoms with Gasteiger partial charge in [-0.3, -0.25) is 4.79 Å². The monoisotopic (exact) mass is 288 g/mol. The van der Waals surface area contributed by atoms with E-state index in [1.54, 1.807) is 0 Å². The average Bonchev–Trinajstić information content (AvgIpc) is 3.03. The molecule has 3 rings (SSSR count). The summed E-state index contributed by atoms with van der Waals surface area (Å²) in [5.41, 5.74) is 0.347. The van der Waals surface area contributed by atoms with Crippen LogP contribution in [0.15, 0.2) is 0 Å². The van der Waals surface area contributed by atoms with E-state index in [-0.39, 0.29) is 24.5 Å². The Morgan fingerprint density at radius 2 is 1.79 bits per heavy atom. The van der Waals surface area contributed by atoms with Crippen LogP contribution in [0.1, 0.15) is 33.1 Å². The van der Waals surface area contributed by atoms with E-state index >= 15 is 0 Å². The molecule has 1 aliphatic carbocycles. The summed E-state index contributed by atoms with van der Waals surface area (Å²) in [6.07, 6.45) is 3.47. The van der Waals surface area contributed by atoms with Crippen LogP contribution in [0.2, 0.25) is 0 Å². The first-order valence-corrected chi connectivity index (χ1v) is 7.25. The third-order valence-corrected chi connectivity index (χ3v) is 5.01. The summed E-state index contributed by atoms with van der Waals surface area (Å²) >= 11 is 0. The van der Waals surface area contributed by atoms with Gasteiger partial charge in [-0.05, 0) is 51.6 Å². The maximum absolute atomic E-state index is 12.7. The van der Waals surface area contributed by atoms with E-state index in [1.807, 2.05) is 0 Å². The van der Waals surface area contributed by atoms with Crippen LogP contribution in [0.3, 0.4) is 0 Å². The van der Waals surface area contributed by atoms with E-state index in [0.29, 0.717) is 30.5 Å². The molecule has 0 aromatic heterocycles. The van der Waals surface area contributed by atoms with Crippen LogP contribution < -0.4 is 5.32 Å². The van der Waals surface area contributed by atoms with E-state index < -0.39 is 0 Å². The zero-order valence-electron chi connectivity index (χ0n) is 11.9. The normalized spacial score (nSPS) is 36.7. The van der Waals surface area contributed by atoms with Crippen LogP contribution in [-0.2, 0) is 9.53 Å².